The van der Waals surface area contributed by atoms with Gasteiger partial charge in [-0.05, 0) is 36.6 Å². The van der Waals surface area contributed by atoms with Crippen LogP contribution in [-0.4, -0.2) is 19.5 Å². The van der Waals surface area contributed by atoms with Gasteiger partial charge in [0.2, 0.25) is 5.91 Å². The Bertz CT molecular complexity index is 386. The van der Waals surface area contributed by atoms with Crippen LogP contribution in [0.3, 0.4) is 0 Å². The molecule has 3 nitrogen and oxygen atoms in total. The number of benzene rings is 1. The van der Waals surface area contributed by atoms with Gasteiger partial charge in [0.25, 0.3) is 0 Å². The van der Waals surface area contributed by atoms with Crippen molar-refractivity contribution in [3.63, 3.8) is 0 Å². The lowest BCUT2D eigenvalue weighted by Crippen LogP contribution is -2.31. The van der Waals surface area contributed by atoms with Crippen LogP contribution in [0.25, 0.3) is 0 Å². The first-order valence-electron chi connectivity index (χ1n) is 6.05. The van der Waals surface area contributed by atoms with E-state index in [0.717, 1.165) is 0 Å². The molecule has 2 N–H and O–H groups in total. The standard InChI is InChI=1S/C14H22N2O/c1-10(2)12-6-5-11(3)13(7-12)8-16-14(17)9-15-4/h5-7,10,15H,8-9H2,1-4H3,(H,16,17). The summed E-state index contributed by atoms with van der Waals surface area (Å²) in [5.41, 5.74) is 3.73. The number of carbonyl (C=O) groups excluding carboxylic acids is 1. The minimum Gasteiger partial charge on any atom is -0.351 e. The van der Waals surface area contributed by atoms with E-state index in [1.807, 2.05) is 0 Å². The third kappa shape index (κ3) is 4.19. The van der Waals surface area contributed by atoms with Crippen molar-refractivity contribution in [2.75, 3.05) is 13.6 Å². The molecule has 94 valence electrons. The molecule has 0 atom stereocenters. The van der Waals surface area contributed by atoms with Gasteiger partial charge >= 0.3 is 0 Å². The van der Waals surface area contributed by atoms with Gasteiger partial charge in [-0.2, -0.15) is 0 Å². The summed E-state index contributed by atoms with van der Waals surface area (Å²) in [4.78, 5) is 11.4. The maximum absolute atomic E-state index is 11.4. The van der Waals surface area contributed by atoms with Gasteiger partial charge in [-0.25, -0.2) is 0 Å². The molecule has 0 spiro atoms. The van der Waals surface area contributed by atoms with E-state index in [4.69, 9.17) is 0 Å². The number of nitrogens with one attached hydrogen (secondary N) is 2. The van der Waals surface area contributed by atoms with Gasteiger partial charge in [0.1, 0.15) is 0 Å². The molecule has 0 aromatic heterocycles. The van der Waals surface area contributed by atoms with E-state index in [2.05, 4.69) is 49.6 Å². The molecule has 0 aliphatic heterocycles. The summed E-state index contributed by atoms with van der Waals surface area (Å²) in [5.74, 6) is 0.546. The van der Waals surface area contributed by atoms with E-state index < -0.39 is 0 Å². The Morgan fingerprint density at radius 1 is 1.35 bits per heavy atom. The van der Waals surface area contributed by atoms with Gasteiger partial charge < -0.3 is 10.6 Å². The lowest BCUT2D eigenvalue weighted by molar-refractivity contribution is -0.120. The van der Waals surface area contributed by atoms with E-state index in [1.54, 1.807) is 7.05 Å². The van der Waals surface area contributed by atoms with Crippen LogP contribution in [0, 0.1) is 6.92 Å². The summed E-state index contributed by atoms with van der Waals surface area (Å²) >= 11 is 0. The molecular formula is C14H22N2O. The van der Waals surface area contributed by atoms with Crippen molar-refractivity contribution in [2.45, 2.75) is 33.2 Å². The molecule has 0 saturated heterocycles. The van der Waals surface area contributed by atoms with Crippen LogP contribution in [0.1, 0.15) is 36.5 Å². The van der Waals surface area contributed by atoms with Crippen molar-refractivity contribution in [1.29, 1.82) is 0 Å². The Morgan fingerprint density at radius 2 is 2.06 bits per heavy atom. The maximum Gasteiger partial charge on any atom is 0.234 e. The smallest absolute Gasteiger partial charge is 0.234 e. The van der Waals surface area contributed by atoms with Crippen LogP contribution in [0.2, 0.25) is 0 Å². The van der Waals surface area contributed by atoms with Crippen LogP contribution in [0.15, 0.2) is 18.2 Å². The second kappa shape index (κ2) is 6.40. The Labute approximate surface area is 104 Å². The minimum absolute atomic E-state index is 0.0295. The monoisotopic (exact) mass is 234 g/mol. The van der Waals surface area contributed by atoms with Crippen LogP contribution in [0.4, 0.5) is 0 Å². The predicted octanol–water partition coefficient (Wildman–Crippen LogP) is 1.95. The van der Waals surface area contributed by atoms with Gasteiger partial charge in [0.05, 0.1) is 6.54 Å². The average Bonchev–Trinajstić information content (AvgIpc) is 2.28. The van der Waals surface area contributed by atoms with Gasteiger partial charge in [-0.15, -0.1) is 0 Å². The molecule has 3 heteroatoms. The molecule has 0 aliphatic rings. The number of likely N-dealkylation sites (N-methyl/N-ethyl adjacent to an activating group) is 1. The second-order valence-electron chi connectivity index (χ2n) is 4.65. The number of carbonyl (C=O) groups is 1. The van der Waals surface area contributed by atoms with Crippen LogP contribution in [-0.2, 0) is 11.3 Å². The molecular weight excluding hydrogens is 212 g/mol. The Kier molecular flexibility index (Phi) is 5.16. The summed E-state index contributed by atoms with van der Waals surface area (Å²) in [6.07, 6.45) is 0. The van der Waals surface area contributed by atoms with E-state index in [-0.39, 0.29) is 5.91 Å². The number of amides is 1. The Balaban J connectivity index is 2.69. The van der Waals surface area contributed by atoms with Crippen molar-refractivity contribution in [1.82, 2.24) is 10.6 Å². The first kappa shape index (κ1) is 13.7. The quantitative estimate of drug-likeness (QED) is 0.817. The minimum atomic E-state index is 0.0295. The first-order valence-corrected chi connectivity index (χ1v) is 6.05. The van der Waals surface area contributed by atoms with Crippen LogP contribution in [0.5, 0.6) is 0 Å². The third-order valence-corrected chi connectivity index (χ3v) is 2.85. The lowest BCUT2D eigenvalue weighted by Gasteiger charge is -2.12. The lowest BCUT2D eigenvalue weighted by atomic mass is 9.98. The molecule has 0 heterocycles. The fraction of sp³-hybridized carbons (Fsp3) is 0.500. The number of hydrogen-bond donors (Lipinski definition) is 2. The zero-order valence-electron chi connectivity index (χ0n) is 11.1. The predicted molar refractivity (Wildman–Crippen MR) is 71.0 cm³/mol. The van der Waals surface area contributed by atoms with E-state index >= 15 is 0 Å². The van der Waals surface area contributed by atoms with Crippen LogP contribution < -0.4 is 10.6 Å². The number of rotatable bonds is 5. The molecule has 0 saturated carbocycles. The molecule has 1 amide bonds. The zero-order valence-corrected chi connectivity index (χ0v) is 11.1. The van der Waals surface area contributed by atoms with Gasteiger partial charge in [0.15, 0.2) is 0 Å². The fourth-order valence-electron chi connectivity index (χ4n) is 1.66. The first-order chi connectivity index (χ1) is 8.04. The summed E-state index contributed by atoms with van der Waals surface area (Å²) < 4.78 is 0. The number of hydrogen-bond acceptors (Lipinski definition) is 2. The highest BCUT2D eigenvalue weighted by molar-refractivity contribution is 5.77. The molecule has 0 bridgehead atoms. The highest BCUT2D eigenvalue weighted by Gasteiger charge is 2.05. The molecule has 0 radical (unpaired) electrons. The summed E-state index contributed by atoms with van der Waals surface area (Å²) in [7, 11) is 1.77. The maximum atomic E-state index is 11.4. The van der Waals surface area contributed by atoms with Crippen LogP contribution >= 0.6 is 0 Å². The second-order valence-corrected chi connectivity index (χ2v) is 4.65. The van der Waals surface area contributed by atoms with E-state index in [9.17, 15) is 4.79 Å². The molecule has 1 aromatic rings. The van der Waals surface area contributed by atoms with Gasteiger partial charge in [-0.3, -0.25) is 4.79 Å². The highest BCUT2D eigenvalue weighted by Crippen LogP contribution is 2.18. The molecule has 0 unspecified atom stereocenters. The Hall–Kier alpha value is -1.35. The fourth-order valence-corrected chi connectivity index (χ4v) is 1.66. The summed E-state index contributed by atoms with van der Waals surface area (Å²) in [6.45, 7) is 7.39. The van der Waals surface area contributed by atoms with Crippen molar-refractivity contribution in [3.05, 3.63) is 34.9 Å². The van der Waals surface area contributed by atoms with Crippen molar-refractivity contribution < 1.29 is 4.79 Å². The summed E-state index contributed by atoms with van der Waals surface area (Å²) in [5, 5.41) is 5.74. The molecule has 17 heavy (non-hydrogen) atoms. The van der Waals surface area contributed by atoms with Crippen molar-refractivity contribution in [3.8, 4) is 0 Å². The SMILES string of the molecule is CNCC(=O)NCc1cc(C(C)C)ccc1C. The molecule has 1 rings (SSSR count). The van der Waals surface area contributed by atoms with E-state index in [0.29, 0.717) is 19.0 Å². The average molecular weight is 234 g/mol. The normalized spacial score (nSPS) is 10.6. The number of aryl methyl sites for hydroxylation is 1. The zero-order chi connectivity index (χ0) is 12.8. The Morgan fingerprint density at radius 3 is 2.65 bits per heavy atom. The molecule has 0 aliphatic carbocycles. The summed E-state index contributed by atoms with van der Waals surface area (Å²) in [6, 6.07) is 6.45. The third-order valence-electron chi connectivity index (χ3n) is 2.85. The van der Waals surface area contributed by atoms with Gasteiger partial charge in [0, 0.05) is 6.54 Å². The molecule has 0 fully saturated rings. The van der Waals surface area contributed by atoms with Crippen molar-refractivity contribution >= 4 is 5.91 Å². The highest BCUT2D eigenvalue weighted by atomic mass is 16.1. The van der Waals surface area contributed by atoms with Gasteiger partial charge in [-0.1, -0.05) is 32.0 Å². The molecule has 1 aromatic carbocycles. The topological polar surface area (TPSA) is 41.1 Å². The van der Waals surface area contributed by atoms with Crippen molar-refractivity contribution in [2.24, 2.45) is 0 Å². The van der Waals surface area contributed by atoms with E-state index in [1.165, 1.54) is 16.7 Å². The largest absolute Gasteiger partial charge is 0.351 e.